The van der Waals surface area contributed by atoms with Crippen LogP contribution in [0.25, 0.3) is 6.08 Å². The molecule has 0 atom stereocenters. The molecule has 0 bridgehead atoms. The van der Waals surface area contributed by atoms with Crippen LogP contribution in [-0.4, -0.2) is 41.8 Å². The number of hydrogen-bond donors (Lipinski definition) is 1. The lowest BCUT2D eigenvalue weighted by Crippen LogP contribution is -2.31. The minimum Gasteiger partial charge on any atom is -0.465 e. The zero-order valence-corrected chi connectivity index (χ0v) is 12.0. The van der Waals surface area contributed by atoms with E-state index in [9.17, 15) is 9.59 Å². The third-order valence-corrected chi connectivity index (χ3v) is 3.50. The van der Waals surface area contributed by atoms with E-state index in [2.05, 4.69) is 0 Å². The van der Waals surface area contributed by atoms with Crippen LogP contribution in [0, 0.1) is 0 Å². The number of carbonyl (C=O) groups excluding carboxylic acids is 1. The summed E-state index contributed by atoms with van der Waals surface area (Å²) in [5.74, 6) is -0.357. The van der Waals surface area contributed by atoms with Crippen molar-refractivity contribution in [2.24, 2.45) is 0 Å². The van der Waals surface area contributed by atoms with Crippen LogP contribution in [0.1, 0.15) is 23.6 Å². The Bertz CT molecular complexity index is 565. The summed E-state index contributed by atoms with van der Waals surface area (Å²) in [6, 6.07) is 5.95. The van der Waals surface area contributed by atoms with Gasteiger partial charge in [0.05, 0.1) is 6.61 Å². The number of amides is 1. The maximum absolute atomic E-state index is 11.3. The monoisotopic (exact) mass is 289 g/mol. The number of benzene rings is 1. The first-order chi connectivity index (χ1) is 10.1. The molecule has 0 fully saturated rings. The molecule has 0 spiro atoms. The maximum Gasteiger partial charge on any atom is 0.407 e. The van der Waals surface area contributed by atoms with Crippen molar-refractivity contribution in [1.82, 2.24) is 4.90 Å². The molecule has 1 aromatic carbocycles. The normalized spacial score (nSPS) is 14.6. The van der Waals surface area contributed by atoms with Gasteiger partial charge in [0.25, 0.3) is 0 Å². The van der Waals surface area contributed by atoms with E-state index in [1.165, 1.54) is 16.5 Å². The highest BCUT2D eigenvalue weighted by Crippen LogP contribution is 2.18. The summed E-state index contributed by atoms with van der Waals surface area (Å²) < 4.78 is 4.84. The molecule has 112 valence electrons. The smallest absolute Gasteiger partial charge is 0.407 e. The SMILES string of the molecule is CCOC(=O)/C=C/c1ccc2c(c1)CCN(C(=O)O)CC2. The third-order valence-electron chi connectivity index (χ3n) is 3.50. The summed E-state index contributed by atoms with van der Waals surface area (Å²) >= 11 is 0. The van der Waals surface area contributed by atoms with E-state index in [4.69, 9.17) is 9.84 Å². The molecule has 1 heterocycles. The molecule has 0 saturated carbocycles. The van der Waals surface area contributed by atoms with Crippen molar-refractivity contribution in [3.8, 4) is 0 Å². The Kier molecular flexibility index (Phi) is 4.98. The molecule has 0 radical (unpaired) electrons. The number of nitrogens with zero attached hydrogens (tertiary/aromatic N) is 1. The first-order valence-electron chi connectivity index (χ1n) is 7.04. The van der Waals surface area contributed by atoms with Gasteiger partial charge < -0.3 is 14.7 Å². The highest BCUT2D eigenvalue weighted by atomic mass is 16.5. The van der Waals surface area contributed by atoms with Crippen LogP contribution in [0.5, 0.6) is 0 Å². The molecule has 21 heavy (non-hydrogen) atoms. The Balaban J connectivity index is 2.10. The van der Waals surface area contributed by atoms with Crippen LogP contribution in [0.15, 0.2) is 24.3 Å². The molecule has 1 N–H and O–H groups in total. The highest BCUT2D eigenvalue weighted by Gasteiger charge is 2.17. The van der Waals surface area contributed by atoms with Crippen molar-refractivity contribution in [3.05, 3.63) is 41.0 Å². The minimum absolute atomic E-state index is 0.357. The van der Waals surface area contributed by atoms with Crippen molar-refractivity contribution < 1.29 is 19.4 Å². The van der Waals surface area contributed by atoms with Gasteiger partial charge in [0.15, 0.2) is 0 Å². The lowest BCUT2D eigenvalue weighted by molar-refractivity contribution is -0.137. The van der Waals surface area contributed by atoms with Crippen molar-refractivity contribution in [1.29, 1.82) is 0 Å². The fraction of sp³-hybridized carbons (Fsp3) is 0.375. The predicted octanol–water partition coefficient (Wildman–Crippen LogP) is 2.34. The second-order valence-corrected chi connectivity index (χ2v) is 4.88. The van der Waals surface area contributed by atoms with E-state index < -0.39 is 6.09 Å². The van der Waals surface area contributed by atoms with Crippen molar-refractivity contribution >= 4 is 18.1 Å². The van der Waals surface area contributed by atoms with Crippen LogP contribution in [0.3, 0.4) is 0 Å². The fourth-order valence-electron chi connectivity index (χ4n) is 2.39. The van der Waals surface area contributed by atoms with E-state index in [1.54, 1.807) is 13.0 Å². The lowest BCUT2D eigenvalue weighted by atomic mass is 10.00. The van der Waals surface area contributed by atoms with Crippen LogP contribution in [-0.2, 0) is 22.4 Å². The number of carboxylic acid groups (broad SMARTS) is 1. The van der Waals surface area contributed by atoms with Gasteiger partial charge in [-0.15, -0.1) is 0 Å². The first-order valence-corrected chi connectivity index (χ1v) is 7.04. The van der Waals surface area contributed by atoms with Crippen molar-refractivity contribution in [3.63, 3.8) is 0 Å². The van der Waals surface area contributed by atoms with Crippen LogP contribution < -0.4 is 0 Å². The van der Waals surface area contributed by atoms with Gasteiger partial charge in [0.1, 0.15) is 0 Å². The van der Waals surface area contributed by atoms with Gasteiger partial charge >= 0.3 is 12.1 Å². The van der Waals surface area contributed by atoms with E-state index in [-0.39, 0.29) is 5.97 Å². The molecule has 1 aliphatic rings. The molecular formula is C16H19NO4. The highest BCUT2D eigenvalue weighted by molar-refractivity contribution is 5.87. The number of esters is 1. The van der Waals surface area contributed by atoms with Crippen molar-refractivity contribution in [2.75, 3.05) is 19.7 Å². The average molecular weight is 289 g/mol. The second-order valence-electron chi connectivity index (χ2n) is 4.88. The zero-order chi connectivity index (χ0) is 15.2. The van der Waals surface area contributed by atoms with E-state index in [1.807, 2.05) is 18.2 Å². The van der Waals surface area contributed by atoms with Gasteiger partial charge in [-0.2, -0.15) is 0 Å². The molecule has 1 aromatic rings. The minimum atomic E-state index is -0.870. The van der Waals surface area contributed by atoms with E-state index >= 15 is 0 Å². The topological polar surface area (TPSA) is 66.8 Å². The Hall–Kier alpha value is -2.30. The maximum atomic E-state index is 11.3. The zero-order valence-electron chi connectivity index (χ0n) is 12.0. The summed E-state index contributed by atoms with van der Waals surface area (Å²) in [6.45, 7) is 3.16. The first kappa shape index (κ1) is 15.1. The molecule has 5 nitrogen and oxygen atoms in total. The molecule has 2 rings (SSSR count). The molecule has 0 aliphatic carbocycles. The fourth-order valence-corrected chi connectivity index (χ4v) is 2.39. The van der Waals surface area contributed by atoms with E-state index in [0.29, 0.717) is 26.1 Å². The Morgan fingerprint density at radius 1 is 1.29 bits per heavy atom. The molecule has 5 heteroatoms. The standard InChI is InChI=1S/C16H19NO4/c1-2-21-15(18)6-4-12-3-5-13-7-9-17(16(19)20)10-8-14(13)11-12/h3-6,11H,2,7-10H2,1H3,(H,19,20)/b6-4+. The Labute approximate surface area is 123 Å². The molecule has 1 aliphatic heterocycles. The molecular weight excluding hydrogens is 270 g/mol. The van der Waals surface area contributed by atoms with Crippen LogP contribution in [0.2, 0.25) is 0 Å². The van der Waals surface area contributed by atoms with Gasteiger partial charge in [-0.25, -0.2) is 9.59 Å². The summed E-state index contributed by atoms with van der Waals surface area (Å²) in [4.78, 5) is 23.8. The Morgan fingerprint density at radius 3 is 2.67 bits per heavy atom. The molecule has 1 amide bonds. The molecule has 0 saturated heterocycles. The van der Waals surface area contributed by atoms with Gasteiger partial charge in [0, 0.05) is 19.2 Å². The summed E-state index contributed by atoms with van der Waals surface area (Å²) in [5.41, 5.74) is 3.24. The summed E-state index contributed by atoms with van der Waals surface area (Å²) in [5, 5.41) is 9.06. The molecule has 0 unspecified atom stereocenters. The van der Waals surface area contributed by atoms with Crippen molar-refractivity contribution in [2.45, 2.75) is 19.8 Å². The van der Waals surface area contributed by atoms with E-state index in [0.717, 1.165) is 17.5 Å². The summed E-state index contributed by atoms with van der Waals surface area (Å²) in [7, 11) is 0. The predicted molar refractivity (Wildman–Crippen MR) is 79.1 cm³/mol. The third kappa shape index (κ3) is 4.08. The quantitative estimate of drug-likeness (QED) is 0.685. The molecule has 0 aromatic heterocycles. The second kappa shape index (κ2) is 6.92. The van der Waals surface area contributed by atoms with Gasteiger partial charge in [0.2, 0.25) is 0 Å². The lowest BCUT2D eigenvalue weighted by Gasteiger charge is -2.14. The van der Waals surface area contributed by atoms with Gasteiger partial charge in [-0.05, 0) is 42.5 Å². The number of carbonyl (C=O) groups is 2. The summed E-state index contributed by atoms with van der Waals surface area (Å²) in [6.07, 6.45) is 3.68. The van der Waals surface area contributed by atoms with Gasteiger partial charge in [-0.1, -0.05) is 18.2 Å². The number of rotatable bonds is 3. The Morgan fingerprint density at radius 2 is 2.00 bits per heavy atom. The van der Waals surface area contributed by atoms with Crippen LogP contribution >= 0.6 is 0 Å². The largest absolute Gasteiger partial charge is 0.465 e. The van der Waals surface area contributed by atoms with Crippen LogP contribution in [0.4, 0.5) is 4.79 Å². The average Bonchev–Trinajstić information content (AvgIpc) is 2.67. The number of fused-ring (bicyclic) bond motifs is 1. The number of ether oxygens (including phenoxy) is 1. The number of hydrogen-bond acceptors (Lipinski definition) is 3. The van der Waals surface area contributed by atoms with Gasteiger partial charge in [-0.3, -0.25) is 0 Å².